The minimum Gasteiger partial charge on any atom is -0.353 e. The molecule has 3 unspecified atom stereocenters. The first-order chi connectivity index (χ1) is 14.0. The fraction of sp³-hybridized carbons (Fsp3) is 0.500. The number of alkyl halides is 2. The van der Waals surface area contributed by atoms with E-state index in [-0.39, 0.29) is 5.69 Å². The van der Waals surface area contributed by atoms with Gasteiger partial charge in [-0.3, -0.25) is 0 Å². The van der Waals surface area contributed by atoms with Crippen LogP contribution in [0.3, 0.4) is 0 Å². The van der Waals surface area contributed by atoms with Crippen molar-refractivity contribution in [1.82, 2.24) is 29.9 Å². The Labute approximate surface area is 168 Å². The van der Waals surface area contributed by atoms with Crippen LogP contribution in [0.2, 0.25) is 0 Å². The fourth-order valence-electron chi connectivity index (χ4n) is 4.11. The zero-order valence-electron chi connectivity index (χ0n) is 16.8. The van der Waals surface area contributed by atoms with E-state index < -0.39 is 6.43 Å². The van der Waals surface area contributed by atoms with E-state index in [1.807, 2.05) is 13.1 Å². The summed E-state index contributed by atoms with van der Waals surface area (Å²) in [6, 6.07) is 5.07. The Morgan fingerprint density at radius 2 is 2.03 bits per heavy atom. The molecule has 29 heavy (non-hydrogen) atoms. The molecule has 3 aromatic heterocycles. The Kier molecular flexibility index (Phi) is 5.40. The van der Waals surface area contributed by atoms with Crippen LogP contribution in [0.15, 0.2) is 30.7 Å². The van der Waals surface area contributed by atoms with E-state index in [0.717, 1.165) is 18.9 Å². The summed E-state index contributed by atoms with van der Waals surface area (Å²) in [6.45, 7) is 6.34. The number of aromatic nitrogens is 5. The largest absolute Gasteiger partial charge is 0.353 e. The minimum atomic E-state index is -2.64. The van der Waals surface area contributed by atoms with E-state index in [1.165, 1.54) is 29.4 Å². The molecule has 0 radical (unpaired) electrons. The molecule has 154 valence electrons. The third-order valence-electron chi connectivity index (χ3n) is 5.78. The molecular formula is C20H25F2N7. The molecule has 1 aliphatic heterocycles. The summed E-state index contributed by atoms with van der Waals surface area (Å²) in [5, 5.41) is 7.31. The topological polar surface area (TPSA) is 71.2 Å². The van der Waals surface area contributed by atoms with Gasteiger partial charge in [0.1, 0.15) is 23.5 Å². The number of halogens is 2. The highest BCUT2D eigenvalue weighted by atomic mass is 19.3. The first-order valence-electron chi connectivity index (χ1n) is 9.84. The first-order valence-corrected chi connectivity index (χ1v) is 9.84. The number of anilines is 1. The number of hydrogen-bond acceptors (Lipinski definition) is 6. The maximum atomic E-state index is 13.1. The van der Waals surface area contributed by atoms with Gasteiger partial charge in [-0.1, -0.05) is 6.92 Å². The lowest BCUT2D eigenvalue weighted by Gasteiger charge is -2.43. The maximum absolute atomic E-state index is 13.1. The van der Waals surface area contributed by atoms with Crippen LogP contribution >= 0.6 is 0 Å². The highest BCUT2D eigenvalue weighted by Gasteiger charge is 2.31. The molecule has 1 N–H and O–H groups in total. The summed E-state index contributed by atoms with van der Waals surface area (Å²) in [4.78, 5) is 15.4. The molecule has 0 aliphatic carbocycles. The third kappa shape index (κ3) is 3.78. The zero-order valence-corrected chi connectivity index (χ0v) is 16.8. The van der Waals surface area contributed by atoms with E-state index in [2.05, 4.69) is 44.1 Å². The van der Waals surface area contributed by atoms with E-state index in [1.54, 1.807) is 6.20 Å². The lowest BCUT2D eigenvalue weighted by molar-refractivity contribution is 0.144. The van der Waals surface area contributed by atoms with Crippen LogP contribution in [0.25, 0.3) is 17.0 Å². The maximum Gasteiger partial charge on any atom is 0.282 e. The fourth-order valence-corrected chi connectivity index (χ4v) is 4.11. The van der Waals surface area contributed by atoms with Crippen molar-refractivity contribution in [2.24, 2.45) is 11.8 Å². The minimum absolute atomic E-state index is 0.292. The number of nitrogens with one attached hydrogen (secondary N) is 1. The Hall–Kier alpha value is -2.68. The second kappa shape index (κ2) is 7.98. The van der Waals surface area contributed by atoms with Gasteiger partial charge in [-0.25, -0.2) is 28.2 Å². The van der Waals surface area contributed by atoms with Crippen LogP contribution in [-0.4, -0.2) is 50.7 Å². The first kappa shape index (κ1) is 19.6. The van der Waals surface area contributed by atoms with Gasteiger partial charge in [-0.2, -0.15) is 5.10 Å². The van der Waals surface area contributed by atoms with Crippen molar-refractivity contribution >= 4 is 11.5 Å². The van der Waals surface area contributed by atoms with Gasteiger partial charge >= 0.3 is 0 Å². The number of piperidine rings is 1. The van der Waals surface area contributed by atoms with Gasteiger partial charge in [0.15, 0.2) is 5.65 Å². The highest BCUT2D eigenvalue weighted by Crippen LogP contribution is 2.31. The summed E-state index contributed by atoms with van der Waals surface area (Å²) in [6.07, 6.45) is 1.65. The predicted molar refractivity (Wildman–Crippen MR) is 107 cm³/mol. The summed E-state index contributed by atoms with van der Waals surface area (Å²) >= 11 is 0. The van der Waals surface area contributed by atoms with E-state index >= 15 is 0 Å². The molecule has 4 rings (SSSR count). The monoisotopic (exact) mass is 401 g/mol. The molecule has 1 aliphatic rings. The molecule has 0 amide bonds. The van der Waals surface area contributed by atoms with Crippen molar-refractivity contribution in [1.29, 1.82) is 0 Å². The van der Waals surface area contributed by atoms with Crippen molar-refractivity contribution in [2.45, 2.75) is 32.7 Å². The number of imidazole rings is 1. The molecule has 9 heteroatoms. The van der Waals surface area contributed by atoms with Gasteiger partial charge in [-0.15, -0.1) is 0 Å². The molecule has 7 nitrogen and oxygen atoms in total. The highest BCUT2D eigenvalue weighted by molar-refractivity contribution is 5.62. The average Bonchev–Trinajstić information content (AvgIpc) is 3.14. The van der Waals surface area contributed by atoms with Crippen molar-refractivity contribution in [3.8, 4) is 11.4 Å². The Morgan fingerprint density at radius 1 is 1.21 bits per heavy atom. The van der Waals surface area contributed by atoms with E-state index in [4.69, 9.17) is 0 Å². The van der Waals surface area contributed by atoms with E-state index in [9.17, 15) is 8.78 Å². The van der Waals surface area contributed by atoms with Crippen molar-refractivity contribution in [2.75, 3.05) is 25.0 Å². The molecule has 0 bridgehead atoms. The second-order valence-electron chi connectivity index (χ2n) is 7.76. The SMILES string of the molecule is CNCC1CC(C)C(C)N(c2cc(-c3cnc4ccc(C(F)F)nn34)ncn2)C1. The lowest BCUT2D eigenvalue weighted by Crippen LogP contribution is -2.48. The molecule has 3 atom stereocenters. The molecule has 1 saturated heterocycles. The number of hydrogen-bond donors (Lipinski definition) is 1. The van der Waals surface area contributed by atoms with Crippen LogP contribution in [0.4, 0.5) is 14.6 Å². The van der Waals surface area contributed by atoms with Crippen molar-refractivity contribution in [3.63, 3.8) is 0 Å². The molecule has 0 spiro atoms. The van der Waals surface area contributed by atoms with Crippen LogP contribution in [0.5, 0.6) is 0 Å². The van der Waals surface area contributed by atoms with Crippen molar-refractivity contribution in [3.05, 3.63) is 36.4 Å². The van der Waals surface area contributed by atoms with Crippen LogP contribution in [0, 0.1) is 11.8 Å². The van der Waals surface area contributed by atoms with Gasteiger partial charge in [0.25, 0.3) is 6.43 Å². The number of fused-ring (bicyclic) bond motifs is 1. The normalized spacial score (nSPS) is 22.6. The number of rotatable bonds is 5. The standard InChI is InChI=1S/C20H25F2N7/c1-12-6-14(8-23-3)10-28(13(12)2)19-7-16(25-11-26-19)17-9-24-18-5-4-15(20(21)22)27-29(17)18/h4-5,7,9,11-14,20,23H,6,8,10H2,1-3H3. The van der Waals surface area contributed by atoms with Crippen LogP contribution in [-0.2, 0) is 0 Å². The average molecular weight is 401 g/mol. The van der Waals surface area contributed by atoms with Crippen LogP contribution in [0.1, 0.15) is 32.4 Å². The zero-order chi connectivity index (χ0) is 20.5. The Morgan fingerprint density at radius 3 is 2.79 bits per heavy atom. The van der Waals surface area contributed by atoms with Crippen LogP contribution < -0.4 is 10.2 Å². The third-order valence-corrected chi connectivity index (χ3v) is 5.78. The quantitative estimate of drug-likeness (QED) is 0.708. The summed E-state index contributed by atoms with van der Waals surface area (Å²) in [5.41, 5.74) is 1.38. The van der Waals surface area contributed by atoms with E-state index in [0.29, 0.717) is 34.9 Å². The second-order valence-corrected chi connectivity index (χ2v) is 7.76. The smallest absolute Gasteiger partial charge is 0.282 e. The lowest BCUT2D eigenvalue weighted by atomic mass is 9.85. The molecule has 0 aromatic carbocycles. The van der Waals surface area contributed by atoms with Gasteiger partial charge in [0, 0.05) is 18.7 Å². The summed E-state index contributed by atoms with van der Waals surface area (Å²) < 4.78 is 27.6. The van der Waals surface area contributed by atoms with Crippen molar-refractivity contribution < 1.29 is 8.78 Å². The Bertz CT molecular complexity index is 990. The molecule has 0 saturated carbocycles. The van der Waals surface area contributed by atoms with Gasteiger partial charge in [0.2, 0.25) is 0 Å². The molecule has 4 heterocycles. The molecule has 1 fully saturated rings. The number of nitrogens with zero attached hydrogens (tertiary/aromatic N) is 6. The summed E-state index contributed by atoms with van der Waals surface area (Å²) in [5.74, 6) is 1.90. The van der Waals surface area contributed by atoms with Gasteiger partial charge < -0.3 is 10.2 Å². The molecular weight excluding hydrogens is 376 g/mol. The summed E-state index contributed by atoms with van der Waals surface area (Å²) in [7, 11) is 1.97. The van der Waals surface area contributed by atoms with Gasteiger partial charge in [-0.05, 0) is 50.9 Å². The molecule has 3 aromatic rings. The van der Waals surface area contributed by atoms with Gasteiger partial charge in [0.05, 0.1) is 11.9 Å². The predicted octanol–water partition coefficient (Wildman–Crippen LogP) is 3.19. The Balaban J connectivity index is 1.70.